The van der Waals surface area contributed by atoms with E-state index in [1.165, 1.54) is 19.2 Å². The predicted octanol–water partition coefficient (Wildman–Crippen LogP) is 5.51. The summed E-state index contributed by atoms with van der Waals surface area (Å²) in [5, 5.41) is 7.37. The Morgan fingerprint density at radius 3 is 2.58 bits per heavy atom. The molecule has 0 bridgehead atoms. The third-order valence-corrected chi connectivity index (χ3v) is 5.78. The number of fused-ring (bicyclic) bond motifs is 3. The number of carbonyl (C=O) groups excluding carboxylic acids is 1. The number of esters is 1. The molecule has 0 spiro atoms. The zero-order valence-electron chi connectivity index (χ0n) is 16.6. The highest BCUT2D eigenvalue weighted by molar-refractivity contribution is 6.30. The molecule has 0 aliphatic carbocycles. The summed E-state index contributed by atoms with van der Waals surface area (Å²) in [7, 11) is 1.35. The Bertz CT molecular complexity index is 1180. The fourth-order valence-electron chi connectivity index (χ4n) is 4.00. The van der Waals surface area contributed by atoms with Crippen LogP contribution in [-0.4, -0.2) is 23.8 Å². The van der Waals surface area contributed by atoms with E-state index in [9.17, 15) is 9.18 Å². The first kappa shape index (κ1) is 19.6. The van der Waals surface area contributed by atoms with Gasteiger partial charge in [-0.1, -0.05) is 35.9 Å². The van der Waals surface area contributed by atoms with Crippen molar-refractivity contribution in [1.82, 2.24) is 5.01 Å². The highest BCUT2D eigenvalue weighted by Crippen LogP contribution is 2.48. The molecule has 156 valence electrons. The lowest BCUT2D eigenvalue weighted by Crippen LogP contribution is -2.33. The normalized spacial score (nSPS) is 19.2. The summed E-state index contributed by atoms with van der Waals surface area (Å²) in [6.07, 6.45) is 0.155. The number of rotatable bonds is 3. The number of nitrogens with zero attached hydrogens (tertiary/aromatic N) is 2. The highest BCUT2D eigenvalue weighted by atomic mass is 35.5. The Labute approximate surface area is 183 Å². The number of benzene rings is 3. The first-order chi connectivity index (χ1) is 15.0. The number of methoxy groups -OCH3 is 1. The number of hydrazone groups is 1. The minimum absolute atomic E-state index is 0.0761. The van der Waals surface area contributed by atoms with Gasteiger partial charge in [0.2, 0.25) is 6.23 Å². The predicted molar refractivity (Wildman–Crippen MR) is 115 cm³/mol. The molecule has 5 rings (SSSR count). The van der Waals surface area contributed by atoms with Crippen LogP contribution < -0.4 is 4.74 Å². The fourth-order valence-corrected chi connectivity index (χ4v) is 4.18. The molecule has 5 nitrogen and oxygen atoms in total. The van der Waals surface area contributed by atoms with Crippen LogP contribution >= 0.6 is 11.6 Å². The average Bonchev–Trinajstić information content (AvgIpc) is 3.24. The van der Waals surface area contributed by atoms with Crippen molar-refractivity contribution < 1.29 is 18.7 Å². The SMILES string of the molecule is COC(=O)c1ccc([C@@H]2Oc3ccc(Cl)cc3[C@H]3CC(c4ccc(F)cc4)=NN32)cc1. The van der Waals surface area contributed by atoms with Crippen LogP contribution in [0.25, 0.3) is 0 Å². The third-order valence-electron chi connectivity index (χ3n) is 5.55. The van der Waals surface area contributed by atoms with Crippen LogP contribution in [0.2, 0.25) is 5.02 Å². The lowest BCUT2D eigenvalue weighted by molar-refractivity contribution is -0.0190. The van der Waals surface area contributed by atoms with Crippen molar-refractivity contribution >= 4 is 23.3 Å². The first-order valence-electron chi connectivity index (χ1n) is 9.79. The van der Waals surface area contributed by atoms with E-state index in [-0.39, 0.29) is 11.9 Å². The van der Waals surface area contributed by atoms with Crippen LogP contribution in [0, 0.1) is 5.82 Å². The quantitative estimate of drug-likeness (QED) is 0.508. The van der Waals surface area contributed by atoms with E-state index in [4.69, 9.17) is 26.2 Å². The third kappa shape index (κ3) is 3.53. The maximum Gasteiger partial charge on any atom is 0.337 e. The molecule has 2 aliphatic rings. The second-order valence-electron chi connectivity index (χ2n) is 7.42. The average molecular weight is 437 g/mol. The van der Waals surface area contributed by atoms with Crippen LogP contribution in [0.1, 0.15) is 45.7 Å². The summed E-state index contributed by atoms with van der Waals surface area (Å²) in [6.45, 7) is 0. The molecule has 2 heterocycles. The van der Waals surface area contributed by atoms with Gasteiger partial charge >= 0.3 is 5.97 Å². The lowest BCUT2D eigenvalue weighted by Gasteiger charge is -2.38. The van der Waals surface area contributed by atoms with Gasteiger partial charge in [0, 0.05) is 22.6 Å². The van der Waals surface area contributed by atoms with E-state index in [1.54, 1.807) is 30.3 Å². The molecule has 0 saturated carbocycles. The van der Waals surface area contributed by atoms with Gasteiger partial charge in [0.15, 0.2) is 0 Å². The van der Waals surface area contributed by atoms with Crippen LogP contribution in [-0.2, 0) is 4.74 Å². The van der Waals surface area contributed by atoms with Crippen molar-refractivity contribution in [2.45, 2.75) is 18.7 Å². The van der Waals surface area contributed by atoms with Crippen molar-refractivity contribution in [3.05, 3.63) is 99.8 Å². The zero-order chi connectivity index (χ0) is 21.5. The van der Waals surface area contributed by atoms with Gasteiger partial charge in [-0.3, -0.25) is 0 Å². The molecule has 3 aromatic rings. The number of halogens is 2. The van der Waals surface area contributed by atoms with Crippen molar-refractivity contribution in [2.24, 2.45) is 5.10 Å². The van der Waals surface area contributed by atoms with Gasteiger partial charge in [0.25, 0.3) is 0 Å². The Morgan fingerprint density at radius 1 is 1.13 bits per heavy atom. The summed E-state index contributed by atoms with van der Waals surface area (Å²) in [5.74, 6) is 0.0547. The molecule has 2 atom stereocenters. The monoisotopic (exact) mass is 436 g/mol. The Hall–Kier alpha value is -3.38. The minimum atomic E-state index is -0.483. The zero-order valence-corrected chi connectivity index (χ0v) is 17.3. The summed E-state index contributed by atoms with van der Waals surface area (Å²) in [6, 6.07) is 18.9. The number of carbonyl (C=O) groups is 1. The Morgan fingerprint density at radius 2 is 1.87 bits per heavy atom. The van der Waals surface area contributed by atoms with E-state index in [0.717, 1.165) is 28.2 Å². The van der Waals surface area contributed by atoms with Gasteiger partial charge in [0.05, 0.1) is 24.4 Å². The molecule has 0 N–H and O–H groups in total. The highest BCUT2D eigenvalue weighted by Gasteiger charge is 2.41. The van der Waals surface area contributed by atoms with Gasteiger partial charge in [-0.15, -0.1) is 0 Å². The Balaban J connectivity index is 1.55. The second kappa shape index (κ2) is 7.71. The van der Waals surface area contributed by atoms with Crippen molar-refractivity contribution in [2.75, 3.05) is 7.11 Å². The molecule has 0 fully saturated rings. The van der Waals surface area contributed by atoms with Gasteiger partial charge < -0.3 is 9.47 Å². The maximum absolute atomic E-state index is 13.4. The lowest BCUT2D eigenvalue weighted by atomic mass is 9.96. The molecular weight excluding hydrogens is 419 g/mol. The maximum atomic E-state index is 13.4. The van der Waals surface area contributed by atoms with E-state index in [1.807, 2.05) is 29.3 Å². The van der Waals surface area contributed by atoms with Crippen molar-refractivity contribution in [3.8, 4) is 5.75 Å². The van der Waals surface area contributed by atoms with Crippen LogP contribution in [0.5, 0.6) is 5.75 Å². The summed E-state index contributed by atoms with van der Waals surface area (Å²) < 4.78 is 24.5. The fraction of sp³-hybridized carbons (Fsp3) is 0.167. The molecule has 0 unspecified atom stereocenters. The minimum Gasteiger partial charge on any atom is -0.465 e. The van der Waals surface area contributed by atoms with E-state index in [2.05, 4.69) is 0 Å². The largest absolute Gasteiger partial charge is 0.465 e. The van der Waals surface area contributed by atoms with Gasteiger partial charge in [-0.25, -0.2) is 14.2 Å². The standard InChI is InChI=1S/C24H18ClFN2O3/c1-30-24(29)16-4-2-15(3-5-16)23-28-21(19-12-17(25)8-11-22(19)31-23)13-20(27-28)14-6-9-18(26)10-7-14/h2-12,21,23H,13H2,1H3/t21-,23+/m1/s1. The molecule has 7 heteroatoms. The van der Waals surface area contributed by atoms with Crippen LogP contribution in [0.15, 0.2) is 71.8 Å². The van der Waals surface area contributed by atoms with Gasteiger partial charge in [-0.2, -0.15) is 5.10 Å². The molecule has 0 aromatic heterocycles. The topological polar surface area (TPSA) is 51.1 Å². The number of hydrogen-bond donors (Lipinski definition) is 0. The molecule has 0 amide bonds. The molecule has 0 radical (unpaired) electrons. The van der Waals surface area contributed by atoms with Crippen molar-refractivity contribution in [3.63, 3.8) is 0 Å². The molecule has 31 heavy (non-hydrogen) atoms. The molecule has 3 aromatic carbocycles. The van der Waals surface area contributed by atoms with Gasteiger partial charge in [-0.05, 0) is 48.0 Å². The second-order valence-corrected chi connectivity index (χ2v) is 7.86. The Kier molecular flexibility index (Phi) is 4.87. The molecule has 0 saturated heterocycles. The van der Waals surface area contributed by atoms with Crippen LogP contribution in [0.3, 0.4) is 0 Å². The van der Waals surface area contributed by atoms with Crippen LogP contribution in [0.4, 0.5) is 4.39 Å². The molecular formula is C24H18ClFN2O3. The molecule has 2 aliphatic heterocycles. The first-order valence-corrected chi connectivity index (χ1v) is 10.2. The smallest absolute Gasteiger partial charge is 0.337 e. The van der Waals surface area contributed by atoms with E-state index >= 15 is 0 Å². The number of ether oxygens (including phenoxy) is 2. The summed E-state index contributed by atoms with van der Waals surface area (Å²) >= 11 is 6.26. The summed E-state index contributed by atoms with van der Waals surface area (Å²) in [4.78, 5) is 11.8. The summed E-state index contributed by atoms with van der Waals surface area (Å²) in [5.41, 5.74) is 3.97. The van der Waals surface area contributed by atoms with E-state index < -0.39 is 12.2 Å². The van der Waals surface area contributed by atoms with E-state index in [0.29, 0.717) is 17.0 Å². The number of hydrogen-bond acceptors (Lipinski definition) is 5. The van der Waals surface area contributed by atoms with Crippen molar-refractivity contribution in [1.29, 1.82) is 0 Å². The van der Waals surface area contributed by atoms with Gasteiger partial charge in [0.1, 0.15) is 11.6 Å².